The summed E-state index contributed by atoms with van der Waals surface area (Å²) in [6.45, 7) is 3.66. The van der Waals surface area contributed by atoms with Crippen LogP contribution in [0.1, 0.15) is 6.92 Å². The second kappa shape index (κ2) is 9.39. The predicted molar refractivity (Wildman–Crippen MR) is 102 cm³/mol. The molecule has 142 valence electrons. The van der Waals surface area contributed by atoms with Crippen molar-refractivity contribution in [3.05, 3.63) is 28.2 Å². The normalized spacial score (nSPS) is 17.0. The number of carbonyl (C=O) groups excluding carboxylic acids is 1. The van der Waals surface area contributed by atoms with Gasteiger partial charge in [0.25, 0.3) is 0 Å². The maximum atomic E-state index is 12.7. The fourth-order valence-corrected chi connectivity index (χ4v) is 4.83. The van der Waals surface area contributed by atoms with Crippen molar-refractivity contribution in [3.8, 4) is 0 Å². The Morgan fingerprint density at radius 3 is 2.40 bits per heavy atom. The molecule has 1 aliphatic heterocycles. The second-order valence-electron chi connectivity index (χ2n) is 5.74. The average molecular weight is 431 g/mol. The Kier molecular flexibility index (Phi) is 8.44. The van der Waals surface area contributed by atoms with Crippen LogP contribution >= 0.6 is 35.6 Å². The van der Waals surface area contributed by atoms with Crippen LogP contribution < -0.4 is 5.32 Å². The first-order valence-corrected chi connectivity index (χ1v) is 9.86. The van der Waals surface area contributed by atoms with Crippen LogP contribution in [0.5, 0.6) is 0 Å². The lowest BCUT2D eigenvalue weighted by Crippen LogP contribution is -2.52. The van der Waals surface area contributed by atoms with Crippen LogP contribution in [0.2, 0.25) is 10.0 Å². The van der Waals surface area contributed by atoms with Crippen molar-refractivity contribution in [2.45, 2.75) is 11.8 Å². The first-order chi connectivity index (χ1) is 11.3. The number of benzene rings is 1. The van der Waals surface area contributed by atoms with Gasteiger partial charge in [-0.2, -0.15) is 4.31 Å². The topological polar surface area (TPSA) is 69.7 Å². The molecule has 0 bridgehead atoms. The Bertz CT molecular complexity index is 707. The Hall–Kier alpha value is -0.570. The Labute approximate surface area is 164 Å². The monoisotopic (exact) mass is 429 g/mol. The molecule has 1 saturated heterocycles. The van der Waals surface area contributed by atoms with E-state index in [9.17, 15) is 13.2 Å². The molecule has 1 heterocycles. The second-order valence-corrected chi connectivity index (χ2v) is 8.43. The molecule has 1 aliphatic rings. The van der Waals surface area contributed by atoms with Gasteiger partial charge in [-0.15, -0.1) is 12.4 Å². The molecular weight excluding hydrogens is 409 g/mol. The van der Waals surface area contributed by atoms with E-state index in [0.29, 0.717) is 19.6 Å². The van der Waals surface area contributed by atoms with E-state index in [1.165, 1.54) is 10.4 Å². The fourth-order valence-electron chi connectivity index (χ4n) is 2.68. The summed E-state index contributed by atoms with van der Waals surface area (Å²) in [7, 11) is -1.93. The molecule has 0 aromatic heterocycles. The van der Waals surface area contributed by atoms with Gasteiger partial charge in [-0.1, -0.05) is 36.2 Å². The summed E-state index contributed by atoms with van der Waals surface area (Å²) in [6.07, 6.45) is 0. The van der Waals surface area contributed by atoms with Crippen LogP contribution in [0.3, 0.4) is 0 Å². The van der Waals surface area contributed by atoms with Crippen molar-refractivity contribution in [1.29, 1.82) is 0 Å². The lowest BCUT2D eigenvalue weighted by Gasteiger charge is -2.35. The largest absolute Gasteiger partial charge is 0.340 e. The van der Waals surface area contributed by atoms with E-state index in [2.05, 4.69) is 5.32 Å². The summed E-state index contributed by atoms with van der Waals surface area (Å²) in [5.74, 6) is -0.109. The Balaban J connectivity index is 0.00000312. The lowest BCUT2D eigenvalue weighted by molar-refractivity contribution is -0.136. The summed E-state index contributed by atoms with van der Waals surface area (Å²) >= 11 is 12.0. The van der Waals surface area contributed by atoms with Gasteiger partial charge >= 0.3 is 0 Å². The molecule has 25 heavy (non-hydrogen) atoms. The van der Waals surface area contributed by atoms with Crippen LogP contribution in [0.25, 0.3) is 0 Å². The molecule has 0 saturated carbocycles. The summed E-state index contributed by atoms with van der Waals surface area (Å²) in [4.78, 5) is 14.0. The third kappa shape index (κ3) is 4.99. The zero-order valence-electron chi connectivity index (χ0n) is 14.0. The number of hydrogen-bond donors (Lipinski definition) is 1. The highest BCUT2D eigenvalue weighted by Gasteiger charge is 2.32. The highest BCUT2D eigenvalue weighted by atomic mass is 35.5. The number of amides is 1. The van der Waals surface area contributed by atoms with Crippen LogP contribution in [0.4, 0.5) is 0 Å². The van der Waals surface area contributed by atoms with Crippen LogP contribution in [0, 0.1) is 5.92 Å². The van der Waals surface area contributed by atoms with E-state index in [1.807, 2.05) is 6.92 Å². The minimum Gasteiger partial charge on any atom is -0.340 e. The summed E-state index contributed by atoms with van der Waals surface area (Å²) in [5.41, 5.74) is 0. The van der Waals surface area contributed by atoms with E-state index in [1.54, 1.807) is 24.1 Å². The molecule has 1 unspecified atom stereocenters. The standard InChI is InChI=1S/C15H21Cl2N3O3S.ClH/c1-11(10-18-2)15(21)19-6-8-20(9-7-19)24(22,23)13-5-3-4-12(16)14(13)17;/h3-5,11,18H,6-10H2,1-2H3;1H. The first-order valence-electron chi connectivity index (χ1n) is 7.66. The summed E-state index contributed by atoms with van der Waals surface area (Å²) in [6, 6.07) is 4.54. The molecule has 10 heteroatoms. The molecule has 2 rings (SSSR count). The van der Waals surface area contributed by atoms with Gasteiger partial charge in [0.1, 0.15) is 4.90 Å². The van der Waals surface area contributed by atoms with Crippen molar-refractivity contribution < 1.29 is 13.2 Å². The SMILES string of the molecule is CNCC(C)C(=O)N1CCN(S(=O)(=O)c2cccc(Cl)c2Cl)CC1.Cl. The fraction of sp³-hybridized carbons (Fsp3) is 0.533. The summed E-state index contributed by atoms with van der Waals surface area (Å²) < 4.78 is 26.8. The molecule has 0 spiro atoms. The molecule has 1 N–H and O–H groups in total. The first kappa shape index (κ1) is 22.5. The molecule has 1 atom stereocenters. The molecule has 0 aliphatic carbocycles. The molecule has 1 amide bonds. The number of carbonyl (C=O) groups is 1. The third-order valence-electron chi connectivity index (χ3n) is 4.02. The van der Waals surface area contributed by atoms with E-state index < -0.39 is 10.0 Å². The number of piperazine rings is 1. The lowest BCUT2D eigenvalue weighted by atomic mass is 10.1. The van der Waals surface area contributed by atoms with Crippen molar-refractivity contribution in [2.24, 2.45) is 5.92 Å². The molecule has 1 aromatic rings. The van der Waals surface area contributed by atoms with Crippen LogP contribution in [-0.2, 0) is 14.8 Å². The highest BCUT2D eigenvalue weighted by Crippen LogP contribution is 2.31. The maximum Gasteiger partial charge on any atom is 0.244 e. The minimum absolute atomic E-state index is 0. The van der Waals surface area contributed by atoms with E-state index in [0.717, 1.165) is 0 Å². The average Bonchev–Trinajstić information content (AvgIpc) is 2.56. The third-order valence-corrected chi connectivity index (χ3v) is 6.89. The van der Waals surface area contributed by atoms with E-state index in [4.69, 9.17) is 23.2 Å². The van der Waals surface area contributed by atoms with Gasteiger partial charge in [-0.25, -0.2) is 8.42 Å². The number of hydrogen-bond acceptors (Lipinski definition) is 4. The van der Waals surface area contributed by atoms with Gasteiger partial charge in [-0.05, 0) is 19.2 Å². The number of nitrogens with one attached hydrogen (secondary N) is 1. The highest BCUT2D eigenvalue weighted by molar-refractivity contribution is 7.89. The van der Waals surface area contributed by atoms with Gasteiger partial charge in [0.2, 0.25) is 15.9 Å². The predicted octanol–water partition coefficient (Wildman–Crippen LogP) is 2.10. The van der Waals surface area contributed by atoms with E-state index >= 15 is 0 Å². The quantitative estimate of drug-likeness (QED) is 0.777. The molecule has 6 nitrogen and oxygen atoms in total. The number of rotatable bonds is 5. The van der Waals surface area contributed by atoms with Gasteiger partial charge in [0.05, 0.1) is 10.0 Å². The Morgan fingerprint density at radius 2 is 1.84 bits per heavy atom. The van der Waals surface area contributed by atoms with Crippen molar-refractivity contribution in [3.63, 3.8) is 0 Å². The molecular formula is C15H22Cl3N3O3S. The molecule has 0 radical (unpaired) electrons. The van der Waals surface area contributed by atoms with Gasteiger partial charge in [-0.3, -0.25) is 4.79 Å². The van der Waals surface area contributed by atoms with E-state index in [-0.39, 0.29) is 52.3 Å². The van der Waals surface area contributed by atoms with Gasteiger partial charge in [0.15, 0.2) is 0 Å². The van der Waals surface area contributed by atoms with Gasteiger partial charge < -0.3 is 10.2 Å². The smallest absolute Gasteiger partial charge is 0.244 e. The zero-order valence-corrected chi connectivity index (χ0v) is 17.2. The maximum absolute atomic E-state index is 12.7. The number of nitrogens with zero attached hydrogens (tertiary/aromatic N) is 2. The van der Waals surface area contributed by atoms with Crippen LogP contribution in [0.15, 0.2) is 23.1 Å². The van der Waals surface area contributed by atoms with Crippen molar-refractivity contribution in [1.82, 2.24) is 14.5 Å². The number of halogens is 3. The minimum atomic E-state index is -3.73. The van der Waals surface area contributed by atoms with Crippen LogP contribution in [-0.4, -0.2) is 63.3 Å². The number of sulfonamides is 1. The van der Waals surface area contributed by atoms with Gasteiger partial charge in [0, 0.05) is 38.6 Å². The molecule has 1 aromatic carbocycles. The van der Waals surface area contributed by atoms with Crippen molar-refractivity contribution in [2.75, 3.05) is 39.8 Å². The zero-order chi connectivity index (χ0) is 17.9. The summed E-state index contributed by atoms with van der Waals surface area (Å²) in [5, 5.41) is 3.20. The van der Waals surface area contributed by atoms with Crippen molar-refractivity contribution >= 4 is 51.5 Å². The molecule has 1 fully saturated rings. The Morgan fingerprint density at radius 1 is 1.24 bits per heavy atom.